The number of halogens is 1. The lowest BCUT2D eigenvalue weighted by Gasteiger charge is -2.26. The maximum absolute atomic E-state index is 12.1. The number of nitrogens with one attached hydrogen (secondary N) is 1. The standard InChI is InChI=1S/C16H22ClNO2/c1-20-15-7-5-13(6-8-15)16(19)18-10-9-12-3-2-4-14(17)11-12/h2-4,11,13,15H,5-10H2,1H3,(H,18,19). The van der Waals surface area contributed by atoms with Crippen LogP contribution in [0.3, 0.4) is 0 Å². The van der Waals surface area contributed by atoms with Crippen LogP contribution in [-0.2, 0) is 16.0 Å². The van der Waals surface area contributed by atoms with E-state index in [1.165, 1.54) is 0 Å². The van der Waals surface area contributed by atoms with E-state index in [2.05, 4.69) is 5.32 Å². The third kappa shape index (κ3) is 4.50. The SMILES string of the molecule is COC1CCC(C(=O)NCCc2cccc(Cl)c2)CC1. The van der Waals surface area contributed by atoms with Gasteiger partial charge in [-0.25, -0.2) is 0 Å². The van der Waals surface area contributed by atoms with Gasteiger partial charge in [0.25, 0.3) is 0 Å². The number of ether oxygens (including phenoxy) is 1. The van der Waals surface area contributed by atoms with Crippen LogP contribution in [0.5, 0.6) is 0 Å². The van der Waals surface area contributed by atoms with E-state index in [4.69, 9.17) is 16.3 Å². The second-order valence-electron chi connectivity index (χ2n) is 5.38. The molecule has 0 aliphatic heterocycles. The Balaban J connectivity index is 1.70. The number of hydrogen-bond acceptors (Lipinski definition) is 2. The molecule has 0 bridgehead atoms. The van der Waals surface area contributed by atoms with Crippen molar-refractivity contribution in [2.45, 2.75) is 38.2 Å². The normalized spacial score (nSPS) is 22.5. The molecule has 1 aliphatic rings. The van der Waals surface area contributed by atoms with E-state index in [0.29, 0.717) is 12.6 Å². The van der Waals surface area contributed by atoms with Crippen LogP contribution in [-0.4, -0.2) is 25.7 Å². The van der Waals surface area contributed by atoms with Gasteiger partial charge in [-0.1, -0.05) is 23.7 Å². The van der Waals surface area contributed by atoms with Crippen LogP contribution in [0.15, 0.2) is 24.3 Å². The Kier molecular flexibility index (Phi) is 5.86. The fraction of sp³-hybridized carbons (Fsp3) is 0.562. The van der Waals surface area contributed by atoms with Crippen molar-refractivity contribution in [3.63, 3.8) is 0 Å². The first-order valence-electron chi connectivity index (χ1n) is 7.24. The number of carbonyl (C=O) groups is 1. The van der Waals surface area contributed by atoms with Crippen LogP contribution in [0.4, 0.5) is 0 Å². The Morgan fingerprint density at radius 3 is 2.75 bits per heavy atom. The predicted molar refractivity (Wildman–Crippen MR) is 80.9 cm³/mol. The second kappa shape index (κ2) is 7.65. The highest BCUT2D eigenvalue weighted by molar-refractivity contribution is 6.30. The number of hydrogen-bond donors (Lipinski definition) is 1. The molecule has 3 nitrogen and oxygen atoms in total. The molecule has 2 rings (SSSR count). The van der Waals surface area contributed by atoms with Gasteiger partial charge < -0.3 is 10.1 Å². The Hall–Kier alpha value is -1.06. The van der Waals surface area contributed by atoms with Crippen molar-refractivity contribution >= 4 is 17.5 Å². The summed E-state index contributed by atoms with van der Waals surface area (Å²) in [6.07, 6.45) is 5.00. The van der Waals surface area contributed by atoms with Crippen molar-refractivity contribution in [2.24, 2.45) is 5.92 Å². The number of benzene rings is 1. The number of amides is 1. The molecule has 0 saturated heterocycles. The zero-order valence-electron chi connectivity index (χ0n) is 11.9. The summed E-state index contributed by atoms with van der Waals surface area (Å²) in [4.78, 5) is 12.1. The monoisotopic (exact) mass is 295 g/mol. The van der Waals surface area contributed by atoms with Gasteiger partial charge in [-0.3, -0.25) is 4.79 Å². The van der Waals surface area contributed by atoms with E-state index in [1.807, 2.05) is 24.3 Å². The molecule has 20 heavy (non-hydrogen) atoms. The molecular weight excluding hydrogens is 274 g/mol. The Morgan fingerprint density at radius 2 is 2.10 bits per heavy atom. The Bertz CT molecular complexity index is 442. The van der Waals surface area contributed by atoms with E-state index in [1.54, 1.807) is 7.11 Å². The smallest absolute Gasteiger partial charge is 0.223 e. The summed E-state index contributed by atoms with van der Waals surface area (Å²) < 4.78 is 5.33. The molecule has 0 aromatic heterocycles. The molecule has 1 fully saturated rings. The highest BCUT2D eigenvalue weighted by Gasteiger charge is 2.25. The lowest BCUT2D eigenvalue weighted by atomic mass is 9.87. The van der Waals surface area contributed by atoms with Gasteiger partial charge in [-0.15, -0.1) is 0 Å². The molecule has 0 heterocycles. The lowest BCUT2D eigenvalue weighted by molar-refractivity contribution is -0.126. The first-order chi connectivity index (χ1) is 9.69. The van der Waals surface area contributed by atoms with Crippen molar-refractivity contribution in [1.29, 1.82) is 0 Å². The topological polar surface area (TPSA) is 38.3 Å². The maximum Gasteiger partial charge on any atom is 0.223 e. The molecule has 1 aromatic carbocycles. The second-order valence-corrected chi connectivity index (χ2v) is 5.82. The zero-order valence-corrected chi connectivity index (χ0v) is 12.7. The van der Waals surface area contributed by atoms with Crippen molar-refractivity contribution in [1.82, 2.24) is 5.32 Å². The Labute approximate surface area is 125 Å². The van der Waals surface area contributed by atoms with E-state index >= 15 is 0 Å². The highest BCUT2D eigenvalue weighted by Crippen LogP contribution is 2.25. The molecule has 1 aromatic rings. The first-order valence-corrected chi connectivity index (χ1v) is 7.62. The van der Waals surface area contributed by atoms with Crippen molar-refractivity contribution < 1.29 is 9.53 Å². The van der Waals surface area contributed by atoms with E-state index in [-0.39, 0.29) is 11.8 Å². The quantitative estimate of drug-likeness (QED) is 0.906. The van der Waals surface area contributed by atoms with Gasteiger partial charge in [0.15, 0.2) is 0 Å². The summed E-state index contributed by atoms with van der Waals surface area (Å²) in [5, 5.41) is 3.77. The first kappa shape index (κ1) is 15.3. The zero-order chi connectivity index (χ0) is 14.4. The largest absolute Gasteiger partial charge is 0.381 e. The molecule has 1 amide bonds. The Morgan fingerprint density at radius 1 is 1.35 bits per heavy atom. The van der Waals surface area contributed by atoms with E-state index in [0.717, 1.165) is 42.7 Å². The summed E-state index contributed by atoms with van der Waals surface area (Å²) >= 11 is 5.94. The fourth-order valence-corrected chi connectivity index (χ4v) is 2.94. The maximum atomic E-state index is 12.1. The van der Waals surface area contributed by atoms with Crippen LogP contribution in [0.1, 0.15) is 31.2 Å². The van der Waals surface area contributed by atoms with Crippen molar-refractivity contribution in [3.8, 4) is 0 Å². The molecule has 0 atom stereocenters. The lowest BCUT2D eigenvalue weighted by Crippen LogP contribution is -2.35. The minimum absolute atomic E-state index is 0.153. The van der Waals surface area contributed by atoms with Gasteiger partial charge >= 0.3 is 0 Å². The van der Waals surface area contributed by atoms with Crippen LogP contribution >= 0.6 is 11.6 Å². The van der Waals surface area contributed by atoms with Crippen LogP contribution in [0.25, 0.3) is 0 Å². The molecule has 1 N–H and O–H groups in total. The fourth-order valence-electron chi connectivity index (χ4n) is 2.73. The third-order valence-corrected chi connectivity index (χ3v) is 4.22. The molecule has 1 aliphatic carbocycles. The van der Waals surface area contributed by atoms with Gasteiger partial charge in [-0.2, -0.15) is 0 Å². The number of methoxy groups -OCH3 is 1. The summed E-state index contributed by atoms with van der Waals surface area (Å²) in [5.74, 6) is 0.336. The average Bonchev–Trinajstić information content (AvgIpc) is 2.47. The summed E-state index contributed by atoms with van der Waals surface area (Å²) in [5.41, 5.74) is 1.15. The molecule has 0 radical (unpaired) electrons. The van der Waals surface area contributed by atoms with Gasteiger partial charge in [0.05, 0.1) is 6.10 Å². The van der Waals surface area contributed by atoms with Gasteiger partial charge in [-0.05, 0) is 49.8 Å². The van der Waals surface area contributed by atoms with Crippen LogP contribution in [0.2, 0.25) is 5.02 Å². The van der Waals surface area contributed by atoms with E-state index < -0.39 is 0 Å². The summed E-state index contributed by atoms with van der Waals surface area (Å²) in [6, 6.07) is 7.77. The molecular formula is C16H22ClNO2. The predicted octanol–water partition coefficient (Wildman–Crippen LogP) is 3.20. The molecule has 1 saturated carbocycles. The summed E-state index contributed by atoms with van der Waals surface area (Å²) in [6.45, 7) is 0.670. The molecule has 110 valence electrons. The minimum atomic E-state index is 0.153. The number of carbonyl (C=O) groups excluding carboxylic acids is 1. The molecule has 0 unspecified atom stereocenters. The van der Waals surface area contributed by atoms with Crippen LogP contribution in [0, 0.1) is 5.92 Å². The average molecular weight is 296 g/mol. The third-order valence-electron chi connectivity index (χ3n) is 3.98. The van der Waals surface area contributed by atoms with Gasteiger partial charge in [0.1, 0.15) is 0 Å². The minimum Gasteiger partial charge on any atom is -0.381 e. The molecule has 4 heteroatoms. The van der Waals surface area contributed by atoms with Crippen molar-refractivity contribution in [3.05, 3.63) is 34.9 Å². The van der Waals surface area contributed by atoms with Gasteiger partial charge in [0.2, 0.25) is 5.91 Å². The van der Waals surface area contributed by atoms with Crippen molar-refractivity contribution in [2.75, 3.05) is 13.7 Å². The molecule has 0 spiro atoms. The van der Waals surface area contributed by atoms with Gasteiger partial charge in [0, 0.05) is 24.6 Å². The summed E-state index contributed by atoms with van der Waals surface area (Å²) in [7, 11) is 1.75. The highest BCUT2D eigenvalue weighted by atomic mass is 35.5. The number of rotatable bonds is 5. The van der Waals surface area contributed by atoms with Crippen LogP contribution < -0.4 is 5.32 Å². The van der Waals surface area contributed by atoms with E-state index in [9.17, 15) is 4.79 Å².